The van der Waals surface area contributed by atoms with Gasteiger partial charge in [0.25, 0.3) is 5.69 Å². The number of rotatable bonds is 4. The number of ether oxygens (including phenoxy) is 2. The van der Waals surface area contributed by atoms with Crippen LogP contribution >= 0.6 is 0 Å². The Morgan fingerprint density at radius 3 is 2.13 bits per heavy atom. The number of hydrogen-bond donors (Lipinski definition) is 1. The molecule has 0 unspecified atom stereocenters. The molecule has 118 valence electrons. The SMILES string of the molecule is COC(=O)c1cc(O)cc(C(=O)Oc2ccc([N+](=O)[O-])cc2)c1. The van der Waals surface area contributed by atoms with E-state index in [1.165, 1.54) is 37.4 Å². The molecule has 0 aliphatic carbocycles. The number of nitrogens with zero attached hydrogens (tertiary/aromatic N) is 1. The van der Waals surface area contributed by atoms with Crippen LogP contribution in [0.1, 0.15) is 20.7 Å². The highest BCUT2D eigenvalue weighted by molar-refractivity contribution is 5.96. The van der Waals surface area contributed by atoms with Gasteiger partial charge in [0.2, 0.25) is 0 Å². The molecule has 0 amide bonds. The van der Waals surface area contributed by atoms with E-state index in [9.17, 15) is 24.8 Å². The van der Waals surface area contributed by atoms with E-state index in [0.717, 1.165) is 12.1 Å². The van der Waals surface area contributed by atoms with Crippen LogP contribution in [-0.4, -0.2) is 29.1 Å². The third kappa shape index (κ3) is 3.82. The lowest BCUT2D eigenvalue weighted by molar-refractivity contribution is -0.384. The van der Waals surface area contributed by atoms with E-state index in [1.54, 1.807) is 0 Å². The summed E-state index contributed by atoms with van der Waals surface area (Å²) in [7, 11) is 1.17. The zero-order valence-corrected chi connectivity index (χ0v) is 11.9. The van der Waals surface area contributed by atoms with Gasteiger partial charge in [0.15, 0.2) is 0 Å². The van der Waals surface area contributed by atoms with Gasteiger partial charge in [-0.25, -0.2) is 9.59 Å². The maximum absolute atomic E-state index is 12.0. The van der Waals surface area contributed by atoms with Gasteiger partial charge in [-0.3, -0.25) is 10.1 Å². The van der Waals surface area contributed by atoms with Crippen molar-refractivity contribution in [3.8, 4) is 11.5 Å². The first-order valence-electron chi connectivity index (χ1n) is 6.29. The van der Waals surface area contributed by atoms with Gasteiger partial charge in [0, 0.05) is 12.1 Å². The number of nitro benzene ring substituents is 1. The lowest BCUT2D eigenvalue weighted by Crippen LogP contribution is -2.10. The minimum atomic E-state index is -0.833. The summed E-state index contributed by atoms with van der Waals surface area (Å²) in [6, 6.07) is 8.38. The molecule has 2 aromatic carbocycles. The summed E-state index contributed by atoms with van der Waals surface area (Å²) in [6.07, 6.45) is 0. The number of benzene rings is 2. The van der Waals surface area contributed by atoms with Crippen LogP contribution in [-0.2, 0) is 4.74 Å². The molecule has 8 nitrogen and oxygen atoms in total. The molecular weight excluding hydrogens is 306 g/mol. The maximum Gasteiger partial charge on any atom is 0.343 e. The summed E-state index contributed by atoms with van der Waals surface area (Å²) in [5, 5.41) is 20.1. The standard InChI is InChI=1S/C15H11NO7/c1-22-14(18)9-6-10(8-12(17)7-9)15(19)23-13-4-2-11(3-5-13)16(20)21/h2-8,17H,1H3. The molecule has 2 rings (SSSR count). The van der Waals surface area contributed by atoms with Crippen molar-refractivity contribution in [2.24, 2.45) is 0 Å². The molecule has 0 heterocycles. The number of hydrogen-bond acceptors (Lipinski definition) is 7. The van der Waals surface area contributed by atoms with Crippen LogP contribution in [0.3, 0.4) is 0 Å². The minimum absolute atomic E-state index is 0.0110. The largest absolute Gasteiger partial charge is 0.508 e. The molecule has 0 saturated heterocycles. The predicted molar refractivity (Wildman–Crippen MR) is 77.5 cm³/mol. The monoisotopic (exact) mass is 317 g/mol. The zero-order chi connectivity index (χ0) is 17.0. The van der Waals surface area contributed by atoms with E-state index in [-0.39, 0.29) is 28.3 Å². The normalized spacial score (nSPS) is 9.96. The Labute approximate surface area is 130 Å². The predicted octanol–water partition coefficient (Wildman–Crippen LogP) is 2.31. The quantitative estimate of drug-likeness (QED) is 0.398. The molecule has 23 heavy (non-hydrogen) atoms. The van der Waals surface area contributed by atoms with E-state index in [2.05, 4.69) is 4.74 Å². The first-order valence-corrected chi connectivity index (χ1v) is 6.29. The van der Waals surface area contributed by atoms with Crippen molar-refractivity contribution >= 4 is 17.6 Å². The molecule has 0 aromatic heterocycles. The fourth-order valence-corrected chi connectivity index (χ4v) is 1.77. The zero-order valence-electron chi connectivity index (χ0n) is 11.9. The number of phenolic OH excluding ortho intramolecular Hbond substituents is 1. The summed E-state index contributed by atoms with van der Waals surface area (Å²) in [6.45, 7) is 0. The second-order valence-corrected chi connectivity index (χ2v) is 4.40. The van der Waals surface area contributed by atoms with Gasteiger partial charge in [-0.15, -0.1) is 0 Å². The summed E-state index contributed by atoms with van der Waals surface area (Å²) < 4.78 is 9.55. The lowest BCUT2D eigenvalue weighted by Gasteiger charge is -2.06. The summed E-state index contributed by atoms with van der Waals surface area (Å²) in [4.78, 5) is 33.4. The molecule has 2 aromatic rings. The molecule has 8 heteroatoms. The van der Waals surface area contributed by atoms with E-state index >= 15 is 0 Å². The number of esters is 2. The lowest BCUT2D eigenvalue weighted by atomic mass is 10.1. The number of phenols is 1. The number of carbonyl (C=O) groups excluding carboxylic acids is 2. The summed E-state index contributed by atoms with van der Waals surface area (Å²) in [5.41, 5.74) is -0.220. The minimum Gasteiger partial charge on any atom is -0.508 e. The second kappa shape index (κ2) is 6.56. The van der Waals surface area contributed by atoms with Crippen LogP contribution < -0.4 is 4.74 Å². The maximum atomic E-state index is 12.0. The molecule has 0 aliphatic rings. The molecule has 0 atom stereocenters. The molecule has 0 fully saturated rings. The fourth-order valence-electron chi connectivity index (χ4n) is 1.77. The van der Waals surface area contributed by atoms with Crippen LogP contribution in [0.15, 0.2) is 42.5 Å². The Morgan fingerprint density at radius 1 is 1.04 bits per heavy atom. The smallest absolute Gasteiger partial charge is 0.343 e. The fraction of sp³-hybridized carbons (Fsp3) is 0.0667. The Bertz CT molecular complexity index is 768. The van der Waals surface area contributed by atoms with E-state index in [1.807, 2.05) is 0 Å². The van der Waals surface area contributed by atoms with Gasteiger partial charge < -0.3 is 14.6 Å². The van der Waals surface area contributed by atoms with Gasteiger partial charge in [0.1, 0.15) is 11.5 Å². The molecule has 0 radical (unpaired) electrons. The van der Waals surface area contributed by atoms with Crippen LogP contribution in [0.2, 0.25) is 0 Å². The Hall–Kier alpha value is -3.42. The number of nitro groups is 1. The molecule has 0 saturated carbocycles. The first kappa shape index (κ1) is 16.0. The second-order valence-electron chi connectivity index (χ2n) is 4.40. The average molecular weight is 317 g/mol. The van der Waals surface area contributed by atoms with Crippen LogP contribution in [0, 0.1) is 10.1 Å². The van der Waals surface area contributed by atoms with Crippen molar-refractivity contribution < 1.29 is 29.1 Å². The summed E-state index contributed by atoms with van der Waals surface area (Å²) >= 11 is 0. The van der Waals surface area contributed by atoms with Crippen molar-refractivity contribution in [2.75, 3.05) is 7.11 Å². The highest BCUT2D eigenvalue weighted by atomic mass is 16.6. The van der Waals surface area contributed by atoms with Crippen LogP contribution in [0.4, 0.5) is 5.69 Å². The van der Waals surface area contributed by atoms with Crippen molar-refractivity contribution in [3.05, 3.63) is 63.7 Å². The number of methoxy groups -OCH3 is 1. The number of aromatic hydroxyl groups is 1. The number of non-ortho nitro benzene ring substituents is 1. The molecule has 0 aliphatic heterocycles. The van der Waals surface area contributed by atoms with Crippen LogP contribution in [0.25, 0.3) is 0 Å². The Balaban J connectivity index is 2.21. The van der Waals surface area contributed by atoms with E-state index < -0.39 is 16.9 Å². The summed E-state index contributed by atoms with van der Waals surface area (Å²) in [5.74, 6) is -1.77. The van der Waals surface area contributed by atoms with Gasteiger partial charge in [-0.1, -0.05) is 0 Å². The Morgan fingerprint density at radius 2 is 1.61 bits per heavy atom. The third-order valence-electron chi connectivity index (χ3n) is 2.83. The van der Waals surface area contributed by atoms with Crippen molar-refractivity contribution in [1.82, 2.24) is 0 Å². The first-order chi connectivity index (χ1) is 10.9. The van der Waals surface area contributed by atoms with Crippen molar-refractivity contribution in [1.29, 1.82) is 0 Å². The Kier molecular flexibility index (Phi) is 4.55. The van der Waals surface area contributed by atoms with Crippen molar-refractivity contribution in [3.63, 3.8) is 0 Å². The van der Waals surface area contributed by atoms with Crippen molar-refractivity contribution in [2.45, 2.75) is 0 Å². The molecule has 1 N–H and O–H groups in total. The average Bonchev–Trinajstić information content (AvgIpc) is 2.53. The number of carbonyl (C=O) groups is 2. The molecule has 0 bridgehead atoms. The van der Waals surface area contributed by atoms with Gasteiger partial charge in [-0.2, -0.15) is 0 Å². The molecular formula is C15H11NO7. The van der Waals surface area contributed by atoms with Crippen LogP contribution in [0.5, 0.6) is 11.5 Å². The molecule has 0 spiro atoms. The third-order valence-corrected chi connectivity index (χ3v) is 2.83. The van der Waals surface area contributed by atoms with E-state index in [0.29, 0.717) is 0 Å². The van der Waals surface area contributed by atoms with E-state index in [4.69, 9.17) is 4.74 Å². The topological polar surface area (TPSA) is 116 Å². The highest BCUT2D eigenvalue weighted by Gasteiger charge is 2.15. The van der Waals surface area contributed by atoms with Gasteiger partial charge in [0.05, 0.1) is 23.2 Å². The van der Waals surface area contributed by atoms with Gasteiger partial charge in [-0.05, 0) is 30.3 Å². The van der Waals surface area contributed by atoms with Gasteiger partial charge >= 0.3 is 11.9 Å². The highest BCUT2D eigenvalue weighted by Crippen LogP contribution is 2.21.